The van der Waals surface area contributed by atoms with Gasteiger partial charge < -0.3 is 5.32 Å². The Morgan fingerprint density at radius 2 is 1.89 bits per heavy atom. The van der Waals surface area contributed by atoms with Crippen molar-refractivity contribution in [3.05, 3.63) is 65.0 Å². The van der Waals surface area contributed by atoms with E-state index in [2.05, 4.69) is 10.4 Å². The molecule has 0 radical (unpaired) electrons. The number of carbonyl (C=O) groups excluding carboxylic acids is 1. The molecule has 1 amide bonds. The van der Waals surface area contributed by atoms with Gasteiger partial charge in [-0.2, -0.15) is 5.10 Å². The number of fused-ring (bicyclic) bond motifs is 1. The molecular formula is C20H19N3O4S. The quantitative estimate of drug-likeness (QED) is 0.717. The third-order valence-corrected chi connectivity index (χ3v) is 6.57. The van der Waals surface area contributed by atoms with Crippen LogP contribution in [0.3, 0.4) is 0 Å². The van der Waals surface area contributed by atoms with Crippen molar-refractivity contribution in [1.82, 2.24) is 15.1 Å². The number of hydrogen-bond acceptors (Lipinski definition) is 5. The average molecular weight is 397 g/mol. The van der Waals surface area contributed by atoms with Crippen molar-refractivity contribution in [3.8, 4) is 11.3 Å². The summed E-state index contributed by atoms with van der Waals surface area (Å²) < 4.78 is 24.1. The maximum absolute atomic E-state index is 12.2. The van der Waals surface area contributed by atoms with Crippen LogP contribution in [0.4, 0.5) is 0 Å². The van der Waals surface area contributed by atoms with Gasteiger partial charge in [0, 0.05) is 17.7 Å². The normalized spacial score (nSPS) is 18.2. The molecule has 0 unspecified atom stereocenters. The highest BCUT2D eigenvalue weighted by Gasteiger charge is 2.28. The summed E-state index contributed by atoms with van der Waals surface area (Å²) in [6.07, 6.45) is 0.396. The fourth-order valence-electron chi connectivity index (χ4n) is 3.38. The van der Waals surface area contributed by atoms with Gasteiger partial charge in [0.15, 0.2) is 9.84 Å². The first-order valence-corrected chi connectivity index (χ1v) is 10.8. The van der Waals surface area contributed by atoms with Crippen LogP contribution in [0.25, 0.3) is 22.0 Å². The third-order valence-electron chi connectivity index (χ3n) is 4.80. The fraction of sp³-hybridized carbons (Fsp3) is 0.250. The van der Waals surface area contributed by atoms with Gasteiger partial charge in [0.2, 0.25) is 5.91 Å². The number of benzene rings is 2. The van der Waals surface area contributed by atoms with Crippen LogP contribution in [0.5, 0.6) is 0 Å². The van der Waals surface area contributed by atoms with E-state index in [9.17, 15) is 18.0 Å². The molecule has 28 heavy (non-hydrogen) atoms. The maximum Gasteiger partial charge on any atom is 0.267 e. The highest BCUT2D eigenvalue weighted by molar-refractivity contribution is 7.91. The number of nitrogens with zero attached hydrogens (tertiary/aromatic N) is 2. The zero-order chi connectivity index (χ0) is 19.7. The lowest BCUT2D eigenvalue weighted by molar-refractivity contribution is -0.122. The Hall–Kier alpha value is -3.00. The molecule has 1 fully saturated rings. The second kappa shape index (κ2) is 7.20. The number of carbonyl (C=O) groups is 1. The second-order valence-electron chi connectivity index (χ2n) is 6.94. The fourth-order valence-corrected chi connectivity index (χ4v) is 5.06. The molecule has 3 aromatic rings. The first-order valence-electron chi connectivity index (χ1n) is 8.97. The molecule has 7 nitrogen and oxygen atoms in total. The first kappa shape index (κ1) is 18.4. The molecule has 2 heterocycles. The topological polar surface area (TPSA) is 98.1 Å². The number of amides is 1. The lowest BCUT2D eigenvalue weighted by atomic mass is 10.1. The summed E-state index contributed by atoms with van der Waals surface area (Å²) in [6.45, 7) is -0.253. The van der Waals surface area contributed by atoms with Gasteiger partial charge in [0.1, 0.15) is 6.54 Å². The first-order chi connectivity index (χ1) is 13.4. The van der Waals surface area contributed by atoms with Crippen molar-refractivity contribution in [2.45, 2.75) is 19.0 Å². The summed E-state index contributed by atoms with van der Waals surface area (Å²) in [5.41, 5.74) is 1.04. The maximum atomic E-state index is 12.2. The van der Waals surface area contributed by atoms with E-state index in [1.54, 1.807) is 6.07 Å². The van der Waals surface area contributed by atoms with E-state index in [0.717, 1.165) is 21.0 Å². The van der Waals surface area contributed by atoms with Crippen LogP contribution in [0, 0.1) is 0 Å². The molecule has 1 atom stereocenters. The van der Waals surface area contributed by atoms with Crippen molar-refractivity contribution in [3.63, 3.8) is 0 Å². The van der Waals surface area contributed by atoms with Crippen molar-refractivity contribution in [2.75, 3.05) is 11.5 Å². The van der Waals surface area contributed by atoms with Crippen LogP contribution >= 0.6 is 0 Å². The Morgan fingerprint density at radius 1 is 1.11 bits per heavy atom. The summed E-state index contributed by atoms with van der Waals surface area (Å²) in [5, 5.41) is 9.15. The highest BCUT2D eigenvalue weighted by Crippen LogP contribution is 2.22. The van der Waals surface area contributed by atoms with Gasteiger partial charge in [0.25, 0.3) is 5.56 Å². The molecule has 1 aromatic heterocycles. The summed E-state index contributed by atoms with van der Waals surface area (Å²) >= 11 is 0. The van der Waals surface area contributed by atoms with Gasteiger partial charge in [-0.15, -0.1) is 0 Å². The minimum Gasteiger partial charge on any atom is -0.351 e. The van der Waals surface area contributed by atoms with Crippen molar-refractivity contribution >= 4 is 26.5 Å². The van der Waals surface area contributed by atoms with Crippen molar-refractivity contribution < 1.29 is 13.2 Å². The minimum absolute atomic E-state index is 0.0573. The monoisotopic (exact) mass is 397 g/mol. The van der Waals surface area contributed by atoms with E-state index in [0.29, 0.717) is 12.1 Å². The Balaban J connectivity index is 1.55. The standard InChI is InChI=1S/C20H19N3O4S/c24-19(21-17-9-10-28(26,27)13-17)12-23-20(25)8-7-18(22-23)16-6-5-14-3-1-2-4-15(14)11-16/h1-8,11,17H,9-10,12-13H2,(H,21,24)/t17-/m0/s1. The molecule has 4 rings (SSSR count). The largest absolute Gasteiger partial charge is 0.351 e. The zero-order valence-corrected chi connectivity index (χ0v) is 15.9. The number of nitrogens with one attached hydrogen (secondary N) is 1. The van der Waals surface area contributed by atoms with Gasteiger partial charge in [-0.05, 0) is 29.3 Å². The molecule has 2 aromatic carbocycles. The number of rotatable bonds is 4. The van der Waals surface area contributed by atoms with Crippen LogP contribution in [0.1, 0.15) is 6.42 Å². The van der Waals surface area contributed by atoms with E-state index < -0.39 is 27.3 Å². The molecule has 0 bridgehead atoms. The van der Waals surface area contributed by atoms with E-state index >= 15 is 0 Å². The number of sulfone groups is 1. The predicted octanol–water partition coefficient (Wildman–Crippen LogP) is 1.37. The number of aromatic nitrogens is 2. The van der Waals surface area contributed by atoms with E-state index in [1.807, 2.05) is 42.5 Å². The van der Waals surface area contributed by atoms with Crippen LogP contribution in [0.15, 0.2) is 59.4 Å². The third kappa shape index (κ3) is 3.96. The molecule has 0 spiro atoms. The molecule has 0 saturated carbocycles. The highest BCUT2D eigenvalue weighted by atomic mass is 32.2. The summed E-state index contributed by atoms with van der Waals surface area (Å²) in [5.74, 6) is -0.404. The summed E-state index contributed by atoms with van der Waals surface area (Å²) in [4.78, 5) is 24.4. The zero-order valence-electron chi connectivity index (χ0n) is 15.0. The van der Waals surface area contributed by atoms with Crippen molar-refractivity contribution in [2.24, 2.45) is 0 Å². The van der Waals surface area contributed by atoms with Gasteiger partial charge in [0.05, 0.1) is 17.2 Å². The average Bonchev–Trinajstić information content (AvgIpc) is 3.01. The summed E-state index contributed by atoms with van der Waals surface area (Å²) in [6, 6.07) is 16.4. The van der Waals surface area contributed by atoms with E-state index in [4.69, 9.17) is 0 Å². The Bertz CT molecular complexity index is 1220. The van der Waals surface area contributed by atoms with Gasteiger partial charge in [-0.1, -0.05) is 36.4 Å². The lowest BCUT2D eigenvalue weighted by Crippen LogP contribution is -2.40. The molecule has 1 saturated heterocycles. The molecule has 144 valence electrons. The predicted molar refractivity (Wildman–Crippen MR) is 107 cm³/mol. The van der Waals surface area contributed by atoms with Gasteiger partial charge in [-0.3, -0.25) is 9.59 Å². The summed E-state index contributed by atoms with van der Waals surface area (Å²) in [7, 11) is -3.08. The van der Waals surface area contributed by atoms with E-state index in [1.165, 1.54) is 6.07 Å². The molecule has 1 aliphatic heterocycles. The molecule has 0 aliphatic carbocycles. The van der Waals surface area contributed by atoms with Gasteiger partial charge in [-0.25, -0.2) is 13.1 Å². The van der Waals surface area contributed by atoms with Crippen molar-refractivity contribution in [1.29, 1.82) is 0 Å². The Labute approximate surface area is 161 Å². The molecule has 8 heteroatoms. The smallest absolute Gasteiger partial charge is 0.267 e. The van der Waals surface area contributed by atoms with Crippen LogP contribution < -0.4 is 10.9 Å². The number of hydrogen-bond donors (Lipinski definition) is 1. The molecule has 1 aliphatic rings. The molecule has 1 N–H and O–H groups in total. The lowest BCUT2D eigenvalue weighted by Gasteiger charge is -2.12. The van der Waals surface area contributed by atoms with Gasteiger partial charge >= 0.3 is 0 Å². The van der Waals surface area contributed by atoms with Crippen LogP contribution in [-0.2, 0) is 21.2 Å². The van der Waals surface area contributed by atoms with E-state index in [-0.39, 0.29) is 18.1 Å². The minimum atomic E-state index is -3.08. The Morgan fingerprint density at radius 3 is 2.64 bits per heavy atom. The SMILES string of the molecule is O=C(Cn1nc(-c2ccc3ccccc3c2)ccc1=O)N[C@H]1CCS(=O)(=O)C1. The molecular weight excluding hydrogens is 378 g/mol. The second-order valence-corrected chi connectivity index (χ2v) is 9.17. The van der Waals surface area contributed by atoms with Crippen LogP contribution in [0.2, 0.25) is 0 Å². The van der Waals surface area contributed by atoms with Crippen LogP contribution in [-0.4, -0.2) is 41.7 Å². The Kier molecular flexibility index (Phi) is 4.72.